The number of aryl methyl sites for hydroxylation is 2. The molecule has 0 bridgehead atoms. The molecule has 0 aliphatic carbocycles. The third-order valence-corrected chi connectivity index (χ3v) is 15.4. The summed E-state index contributed by atoms with van der Waals surface area (Å²) in [6, 6.07) is 58.9. The molecular formula is C52H34S4. The fourth-order valence-corrected chi connectivity index (χ4v) is 12.4. The maximum Gasteiger partial charge on any atom is 0.0356 e. The van der Waals surface area contributed by atoms with Gasteiger partial charge in [0.25, 0.3) is 0 Å². The fourth-order valence-electron chi connectivity index (χ4n) is 8.15. The minimum Gasteiger partial charge on any atom is -0.143 e. The Bertz CT molecular complexity index is 2950. The molecule has 0 spiro atoms. The number of hydrogen-bond acceptors (Lipinski definition) is 4. The monoisotopic (exact) mass is 786 g/mol. The van der Waals surface area contributed by atoms with E-state index in [1.165, 1.54) is 117 Å². The molecule has 266 valence electrons. The average Bonchev–Trinajstić information content (AvgIpc) is 4.06. The summed E-state index contributed by atoms with van der Waals surface area (Å²) in [6.45, 7) is 4.41. The smallest absolute Gasteiger partial charge is 0.0356 e. The minimum atomic E-state index is 1.24. The van der Waals surface area contributed by atoms with Crippen LogP contribution in [-0.2, 0) is 0 Å². The van der Waals surface area contributed by atoms with Crippen LogP contribution in [0, 0.1) is 13.8 Å². The topological polar surface area (TPSA) is 0 Å². The summed E-state index contributed by atoms with van der Waals surface area (Å²) in [5, 5.41) is 9.96. The first-order valence-corrected chi connectivity index (χ1v) is 22.2. The lowest BCUT2D eigenvalue weighted by Crippen LogP contribution is -1.82. The third kappa shape index (κ3) is 5.84. The lowest BCUT2D eigenvalue weighted by Gasteiger charge is -2.07. The molecule has 0 amide bonds. The summed E-state index contributed by atoms with van der Waals surface area (Å²) in [5.74, 6) is 0. The molecule has 0 radical (unpaired) electrons. The first kappa shape index (κ1) is 33.7. The highest BCUT2D eigenvalue weighted by Gasteiger charge is 2.13. The van der Waals surface area contributed by atoms with E-state index < -0.39 is 0 Å². The van der Waals surface area contributed by atoms with Crippen LogP contribution in [0.3, 0.4) is 0 Å². The zero-order chi connectivity index (χ0) is 37.3. The normalized spacial score (nSPS) is 11.8. The molecule has 11 rings (SSSR count). The van der Waals surface area contributed by atoms with E-state index in [-0.39, 0.29) is 0 Å². The van der Waals surface area contributed by atoms with E-state index in [0.717, 1.165) is 0 Å². The van der Waals surface area contributed by atoms with Crippen molar-refractivity contribution >= 4 is 85.7 Å². The molecule has 4 heterocycles. The van der Waals surface area contributed by atoms with E-state index >= 15 is 0 Å². The van der Waals surface area contributed by atoms with E-state index in [4.69, 9.17) is 0 Å². The van der Waals surface area contributed by atoms with E-state index in [9.17, 15) is 0 Å². The molecule has 4 aromatic heterocycles. The summed E-state index contributed by atoms with van der Waals surface area (Å²) < 4.78 is 5.36. The van der Waals surface area contributed by atoms with Crippen molar-refractivity contribution in [1.82, 2.24) is 0 Å². The largest absolute Gasteiger partial charge is 0.143 e. The average molecular weight is 787 g/mol. The Morgan fingerprint density at radius 3 is 1.04 bits per heavy atom. The highest BCUT2D eigenvalue weighted by Crippen LogP contribution is 2.42. The van der Waals surface area contributed by atoms with Crippen LogP contribution in [0.4, 0.5) is 0 Å². The van der Waals surface area contributed by atoms with Crippen molar-refractivity contribution in [1.29, 1.82) is 0 Å². The van der Waals surface area contributed by atoms with Crippen LogP contribution < -0.4 is 0 Å². The highest BCUT2D eigenvalue weighted by molar-refractivity contribution is 7.24. The maximum absolute atomic E-state index is 2.38. The summed E-state index contributed by atoms with van der Waals surface area (Å²) in [5.41, 5.74) is 15.4. The number of hydrogen-bond donors (Lipinski definition) is 0. The van der Waals surface area contributed by atoms with Gasteiger partial charge in [-0.1, -0.05) is 121 Å². The fraction of sp³-hybridized carbons (Fsp3) is 0.0385. The Morgan fingerprint density at radius 1 is 0.321 bits per heavy atom. The van der Waals surface area contributed by atoms with Crippen molar-refractivity contribution in [3.63, 3.8) is 0 Å². The van der Waals surface area contributed by atoms with E-state index in [1.807, 2.05) is 45.3 Å². The van der Waals surface area contributed by atoms with Gasteiger partial charge in [0, 0.05) is 50.5 Å². The molecule has 7 aromatic carbocycles. The highest BCUT2D eigenvalue weighted by atomic mass is 32.1. The molecule has 0 aliphatic rings. The van der Waals surface area contributed by atoms with Crippen LogP contribution in [0.5, 0.6) is 0 Å². The number of fused-ring (bicyclic) bond motifs is 4. The number of benzene rings is 7. The number of thiophene rings is 4. The Morgan fingerprint density at radius 2 is 0.661 bits per heavy atom. The van der Waals surface area contributed by atoms with Crippen molar-refractivity contribution in [2.75, 3.05) is 0 Å². The van der Waals surface area contributed by atoms with Crippen molar-refractivity contribution in [3.8, 4) is 65.4 Å². The van der Waals surface area contributed by atoms with Crippen LogP contribution in [0.2, 0.25) is 0 Å². The van der Waals surface area contributed by atoms with Gasteiger partial charge in [-0.25, -0.2) is 0 Å². The van der Waals surface area contributed by atoms with E-state index in [1.54, 1.807) is 0 Å². The quantitative estimate of drug-likeness (QED) is 0.157. The van der Waals surface area contributed by atoms with Gasteiger partial charge in [0.1, 0.15) is 0 Å². The van der Waals surface area contributed by atoms with Crippen molar-refractivity contribution in [3.05, 3.63) is 180 Å². The van der Waals surface area contributed by atoms with Gasteiger partial charge in [-0.15, -0.1) is 45.3 Å². The summed E-state index contributed by atoms with van der Waals surface area (Å²) >= 11 is 7.42. The van der Waals surface area contributed by atoms with Crippen LogP contribution in [0.25, 0.3) is 106 Å². The van der Waals surface area contributed by atoms with Crippen LogP contribution in [0.15, 0.2) is 168 Å². The molecule has 11 aromatic rings. The van der Waals surface area contributed by atoms with Gasteiger partial charge in [0.15, 0.2) is 0 Å². The Labute approximate surface area is 342 Å². The molecule has 0 saturated carbocycles. The van der Waals surface area contributed by atoms with Crippen molar-refractivity contribution in [2.24, 2.45) is 0 Å². The molecule has 0 unspecified atom stereocenters. The number of rotatable bonds is 6. The van der Waals surface area contributed by atoms with Crippen LogP contribution in [-0.4, -0.2) is 0 Å². The lowest BCUT2D eigenvalue weighted by atomic mass is 9.98. The van der Waals surface area contributed by atoms with Crippen LogP contribution >= 0.6 is 45.3 Å². The Hall–Kier alpha value is -5.62. The second kappa shape index (κ2) is 13.5. The van der Waals surface area contributed by atoms with Gasteiger partial charge in [0.2, 0.25) is 0 Å². The molecule has 56 heavy (non-hydrogen) atoms. The Balaban J connectivity index is 0.804. The second-order valence-corrected chi connectivity index (χ2v) is 18.6. The Kier molecular flexibility index (Phi) is 8.15. The molecule has 0 saturated heterocycles. The lowest BCUT2D eigenvalue weighted by molar-refractivity contribution is 1.54. The van der Waals surface area contributed by atoms with Crippen molar-refractivity contribution < 1.29 is 0 Å². The summed E-state index contributed by atoms with van der Waals surface area (Å²) in [6.07, 6.45) is 0. The first-order chi connectivity index (χ1) is 27.5. The van der Waals surface area contributed by atoms with Gasteiger partial charge in [-0.05, 0) is 127 Å². The van der Waals surface area contributed by atoms with Crippen LogP contribution in [0.1, 0.15) is 11.1 Å². The zero-order valence-corrected chi connectivity index (χ0v) is 34.1. The zero-order valence-electron chi connectivity index (χ0n) is 30.8. The second-order valence-electron chi connectivity index (χ2n) is 14.7. The molecule has 4 heteroatoms. The first-order valence-electron chi connectivity index (χ1n) is 18.9. The standard InChI is InChI=1S/C52H34S4/c1-31-5-3-7-45-51(31)43(29-53-45)37-17-9-33(10-18-37)35-13-21-39(22-14-35)47-25-41-27-50-42(28-49(41)55-47)26-48(56-50)40-23-15-36(16-24-40)34-11-19-38(20-12-34)44-30-54-46-8-4-6-32(2)52(44)46/h3-30H,1-2H3. The predicted octanol–water partition coefficient (Wildman–Crippen LogP) is 17.2. The molecule has 0 fully saturated rings. The van der Waals surface area contributed by atoms with E-state index in [2.05, 4.69) is 182 Å². The van der Waals surface area contributed by atoms with Gasteiger partial charge < -0.3 is 0 Å². The minimum absolute atomic E-state index is 1.24. The molecule has 0 atom stereocenters. The molecule has 0 aliphatic heterocycles. The SMILES string of the molecule is Cc1cccc2scc(-c3ccc(-c4ccc(-c5cc6cc7sc(-c8ccc(-c9ccc(-c%10csc%11cccc(C)c%10%11)cc9)cc8)cc7cc6s5)cc4)cc3)c12. The maximum atomic E-state index is 2.38. The summed E-state index contributed by atoms with van der Waals surface area (Å²) in [4.78, 5) is 2.61. The molecule has 0 nitrogen and oxygen atoms in total. The van der Waals surface area contributed by atoms with Gasteiger partial charge in [-0.2, -0.15) is 0 Å². The van der Waals surface area contributed by atoms with Gasteiger partial charge >= 0.3 is 0 Å². The molecule has 0 N–H and O–H groups in total. The van der Waals surface area contributed by atoms with Gasteiger partial charge in [-0.3, -0.25) is 0 Å². The predicted molar refractivity (Wildman–Crippen MR) is 250 cm³/mol. The van der Waals surface area contributed by atoms with E-state index in [0.29, 0.717) is 0 Å². The van der Waals surface area contributed by atoms with Crippen molar-refractivity contribution in [2.45, 2.75) is 13.8 Å². The third-order valence-electron chi connectivity index (χ3n) is 11.2. The molecular weight excluding hydrogens is 753 g/mol. The summed E-state index contributed by atoms with van der Waals surface area (Å²) in [7, 11) is 0. The van der Waals surface area contributed by atoms with Gasteiger partial charge in [0.05, 0.1) is 0 Å².